The molecule has 33 heavy (non-hydrogen) atoms. The smallest absolute Gasteiger partial charge is 0.261 e. The summed E-state index contributed by atoms with van der Waals surface area (Å²) in [5, 5.41) is 3.05. The van der Waals surface area contributed by atoms with Crippen LogP contribution in [-0.2, 0) is 16.1 Å². The van der Waals surface area contributed by atoms with Gasteiger partial charge < -0.3 is 24.4 Å². The quantitative estimate of drug-likeness (QED) is 0.588. The van der Waals surface area contributed by atoms with E-state index in [1.54, 1.807) is 37.3 Å². The molecule has 178 valence electrons. The number of hydrogen-bond donors (Lipinski definition) is 1. The largest absolute Gasteiger partial charge is 0.496 e. The lowest BCUT2D eigenvalue weighted by atomic mass is 10.1. The van der Waals surface area contributed by atoms with E-state index in [2.05, 4.69) is 5.32 Å². The fraction of sp³-hybridized carbons (Fsp3) is 0.440. The van der Waals surface area contributed by atoms with Gasteiger partial charge in [0.2, 0.25) is 5.91 Å². The molecule has 2 amide bonds. The van der Waals surface area contributed by atoms with Gasteiger partial charge in [-0.25, -0.2) is 4.39 Å². The minimum absolute atomic E-state index is 0.142. The van der Waals surface area contributed by atoms with Gasteiger partial charge in [0.1, 0.15) is 29.1 Å². The highest BCUT2D eigenvalue weighted by Crippen LogP contribution is 2.27. The number of carbonyl (C=O) groups is 2. The molecule has 0 aromatic heterocycles. The van der Waals surface area contributed by atoms with Crippen LogP contribution in [0.2, 0.25) is 0 Å². The number of rotatable bonds is 10. The van der Waals surface area contributed by atoms with Crippen molar-refractivity contribution in [3.8, 4) is 17.2 Å². The summed E-state index contributed by atoms with van der Waals surface area (Å²) in [4.78, 5) is 27.5. The summed E-state index contributed by atoms with van der Waals surface area (Å²) in [7, 11) is 3.05. The molecule has 1 N–H and O–H groups in total. The van der Waals surface area contributed by atoms with Crippen LogP contribution in [-0.4, -0.2) is 49.6 Å². The van der Waals surface area contributed by atoms with E-state index in [0.29, 0.717) is 22.8 Å². The highest BCUT2D eigenvalue weighted by molar-refractivity contribution is 5.88. The zero-order chi connectivity index (χ0) is 23.8. The van der Waals surface area contributed by atoms with Crippen LogP contribution in [0.15, 0.2) is 42.5 Å². The fourth-order valence-corrected chi connectivity index (χ4v) is 3.85. The minimum Gasteiger partial charge on any atom is -0.496 e. The van der Waals surface area contributed by atoms with Gasteiger partial charge in [0.05, 0.1) is 14.2 Å². The Labute approximate surface area is 193 Å². The van der Waals surface area contributed by atoms with E-state index in [1.807, 2.05) is 0 Å². The second-order valence-electron chi connectivity index (χ2n) is 8.15. The Morgan fingerprint density at radius 1 is 1.03 bits per heavy atom. The molecule has 0 spiro atoms. The van der Waals surface area contributed by atoms with E-state index in [9.17, 15) is 14.0 Å². The van der Waals surface area contributed by atoms with E-state index in [4.69, 9.17) is 14.2 Å². The zero-order valence-electron chi connectivity index (χ0n) is 19.3. The number of hydrogen-bond acceptors (Lipinski definition) is 5. The Balaban J connectivity index is 1.73. The monoisotopic (exact) mass is 458 g/mol. The topological polar surface area (TPSA) is 77.1 Å². The Morgan fingerprint density at radius 3 is 2.18 bits per heavy atom. The Bertz CT molecular complexity index is 922. The van der Waals surface area contributed by atoms with E-state index in [1.165, 1.54) is 31.3 Å². The van der Waals surface area contributed by atoms with Crippen LogP contribution in [0.3, 0.4) is 0 Å². The molecule has 0 unspecified atom stereocenters. The molecule has 0 aliphatic heterocycles. The van der Waals surface area contributed by atoms with Gasteiger partial charge in [0, 0.05) is 30.8 Å². The van der Waals surface area contributed by atoms with Gasteiger partial charge in [-0.15, -0.1) is 0 Å². The normalized spacial score (nSPS) is 14.4. The summed E-state index contributed by atoms with van der Waals surface area (Å²) in [5.74, 6) is 0.535. The minimum atomic E-state index is -0.716. The lowest BCUT2D eigenvalue weighted by Crippen LogP contribution is -2.50. The maximum atomic E-state index is 13.3. The fourth-order valence-electron chi connectivity index (χ4n) is 3.85. The van der Waals surface area contributed by atoms with Gasteiger partial charge in [0.15, 0.2) is 6.61 Å². The SMILES string of the molecule is COc1cc(OC)cc(OCC(=O)N(Cc2ccc(F)cc2)[C@H](C)C(=O)NC2CCCC2)c1. The van der Waals surface area contributed by atoms with E-state index in [0.717, 1.165) is 25.7 Å². The number of nitrogens with zero attached hydrogens (tertiary/aromatic N) is 1. The predicted octanol–water partition coefficient (Wildman–Crippen LogP) is 3.70. The van der Waals surface area contributed by atoms with Crippen LogP contribution < -0.4 is 19.5 Å². The number of halogens is 1. The van der Waals surface area contributed by atoms with Gasteiger partial charge in [-0.1, -0.05) is 25.0 Å². The molecule has 1 saturated carbocycles. The zero-order valence-corrected chi connectivity index (χ0v) is 19.3. The van der Waals surface area contributed by atoms with Crippen molar-refractivity contribution in [1.29, 1.82) is 0 Å². The molecule has 1 aliphatic carbocycles. The van der Waals surface area contributed by atoms with Gasteiger partial charge >= 0.3 is 0 Å². The molecule has 1 fully saturated rings. The standard InChI is InChI=1S/C25H31FN2O5/c1-17(25(30)27-20-6-4-5-7-20)28(15-18-8-10-19(26)11-9-18)24(29)16-33-23-13-21(31-2)12-22(14-23)32-3/h8-14,17,20H,4-7,15-16H2,1-3H3,(H,27,30)/t17-/m1/s1. The summed E-state index contributed by atoms with van der Waals surface area (Å²) in [6.07, 6.45) is 4.08. The number of benzene rings is 2. The summed E-state index contributed by atoms with van der Waals surface area (Å²) in [6.45, 7) is 1.57. The van der Waals surface area contributed by atoms with Crippen LogP contribution in [0.5, 0.6) is 17.2 Å². The molecule has 1 aliphatic rings. The average molecular weight is 459 g/mol. The molecule has 2 aromatic carbocycles. The molecule has 0 saturated heterocycles. The van der Waals surface area contributed by atoms with E-state index >= 15 is 0 Å². The third-order valence-corrected chi connectivity index (χ3v) is 5.82. The van der Waals surface area contributed by atoms with Crippen molar-refractivity contribution in [3.63, 3.8) is 0 Å². The van der Waals surface area contributed by atoms with Crippen LogP contribution in [0.4, 0.5) is 4.39 Å². The van der Waals surface area contributed by atoms with Crippen molar-refractivity contribution in [1.82, 2.24) is 10.2 Å². The molecule has 3 rings (SSSR count). The predicted molar refractivity (Wildman–Crippen MR) is 122 cm³/mol. The first-order valence-electron chi connectivity index (χ1n) is 11.1. The van der Waals surface area contributed by atoms with E-state index in [-0.39, 0.29) is 36.8 Å². The molecular weight excluding hydrogens is 427 g/mol. The summed E-state index contributed by atoms with van der Waals surface area (Å²) >= 11 is 0. The first-order valence-corrected chi connectivity index (χ1v) is 11.1. The van der Waals surface area contributed by atoms with Crippen molar-refractivity contribution in [3.05, 3.63) is 53.8 Å². The van der Waals surface area contributed by atoms with Crippen LogP contribution >= 0.6 is 0 Å². The number of amides is 2. The molecule has 0 radical (unpaired) electrons. The lowest BCUT2D eigenvalue weighted by Gasteiger charge is -2.29. The Hall–Kier alpha value is -3.29. The van der Waals surface area contributed by atoms with Crippen LogP contribution in [0.1, 0.15) is 38.2 Å². The van der Waals surface area contributed by atoms with Gasteiger partial charge in [0.25, 0.3) is 5.91 Å². The number of carbonyl (C=O) groups excluding carboxylic acids is 2. The van der Waals surface area contributed by atoms with Crippen molar-refractivity contribution in [2.75, 3.05) is 20.8 Å². The second kappa shape index (κ2) is 11.5. The highest BCUT2D eigenvalue weighted by Gasteiger charge is 2.28. The highest BCUT2D eigenvalue weighted by atomic mass is 19.1. The van der Waals surface area contributed by atoms with Crippen molar-refractivity contribution in [2.24, 2.45) is 0 Å². The molecule has 8 heteroatoms. The molecule has 0 bridgehead atoms. The van der Waals surface area contributed by atoms with Crippen molar-refractivity contribution >= 4 is 11.8 Å². The summed E-state index contributed by atoms with van der Waals surface area (Å²) < 4.78 is 29.5. The molecular formula is C25H31FN2O5. The van der Waals surface area contributed by atoms with E-state index < -0.39 is 6.04 Å². The van der Waals surface area contributed by atoms with Crippen molar-refractivity contribution < 1.29 is 28.2 Å². The number of ether oxygens (including phenoxy) is 3. The third-order valence-electron chi connectivity index (χ3n) is 5.82. The summed E-state index contributed by atoms with van der Waals surface area (Å²) in [5.41, 5.74) is 0.716. The lowest BCUT2D eigenvalue weighted by molar-refractivity contribution is -0.142. The number of nitrogens with one attached hydrogen (secondary N) is 1. The first kappa shape index (κ1) is 24.4. The molecule has 0 heterocycles. The van der Waals surface area contributed by atoms with Crippen LogP contribution in [0.25, 0.3) is 0 Å². The third kappa shape index (κ3) is 6.84. The Morgan fingerprint density at radius 2 is 1.61 bits per heavy atom. The Kier molecular flexibility index (Phi) is 8.52. The molecule has 1 atom stereocenters. The summed E-state index contributed by atoms with van der Waals surface area (Å²) in [6, 6.07) is 10.3. The van der Waals surface area contributed by atoms with Crippen LogP contribution in [0, 0.1) is 5.82 Å². The van der Waals surface area contributed by atoms with Gasteiger partial charge in [-0.05, 0) is 37.5 Å². The van der Waals surface area contributed by atoms with Gasteiger partial charge in [-0.3, -0.25) is 9.59 Å². The first-order chi connectivity index (χ1) is 15.9. The maximum absolute atomic E-state index is 13.3. The maximum Gasteiger partial charge on any atom is 0.261 e. The van der Waals surface area contributed by atoms with Crippen molar-refractivity contribution in [2.45, 2.75) is 51.2 Å². The number of methoxy groups -OCH3 is 2. The second-order valence-corrected chi connectivity index (χ2v) is 8.15. The van der Waals surface area contributed by atoms with Gasteiger partial charge in [-0.2, -0.15) is 0 Å². The molecule has 2 aromatic rings. The molecule has 7 nitrogen and oxygen atoms in total. The average Bonchev–Trinajstić information content (AvgIpc) is 3.34.